The second-order valence-corrected chi connectivity index (χ2v) is 6.11. The van der Waals surface area contributed by atoms with E-state index in [1.165, 1.54) is 0 Å². The van der Waals surface area contributed by atoms with Crippen LogP contribution in [0.1, 0.15) is 24.6 Å². The molecule has 3 rings (SSSR count). The minimum atomic E-state index is 0.474. The Morgan fingerprint density at radius 3 is 2.65 bits per heavy atom. The molecule has 3 heterocycles. The largest absolute Gasteiger partial charge is 0.382 e. The number of hydrogen-bond acceptors (Lipinski definition) is 4. The molecule has 0 aromatic carbocycles. The van der Waals surface area contributed by atoms with E-state index in [2.05, 4.69) is 37.0 Å². The van der Waals surface area contributed by atoms with Gasteiger partial charge in [-0.15, -0.1) is 0 Å². The first-order valence-corrected chi connectivity index (χ1v) is 7.63. The van der Waals surface area contributed by atoms with Gasteiger partial charge >= 0.3 is 0 Å². The van der Waals surface area contributed by atoms with Gasteiger partial charge in [0.05, 0.1) is 11.7 Å². The number of aromatic nitrogens is 3. The van der Waals surface area contributed by atoms with Crippen molar-refractivity contribution in [3.8, 4) is 0 Å². The van der Waals surface area contributed by atoms with Gasteiger partial charge in [-0.3, -0.25) is 14.6 Å². The van der Waals surface area contributed by atoms with Crippen molar-refractivity contribution in [3.05, 3.63) is 40.8 Å². The number of nitrogen functional groups attached to an aromatic ring is 1. The highest BCUT2D eigenvalue weighted by Gasteiger charge is 2.21. The molecule has 0 amide bonds. The van der Waals surface area contributed by atoms with Gasteiger partial charge in [-0.2, -0.15) is 5.10 Å². The van der Waals surface area contributed by atoms with Crippen LogP contribution in [-0.4, -0.2) is 32.8 Å². The zero-order valence-electron chi connectivity index (χ0n) is 11.2. The Hall–Kier alpha value is -1.40. The Kier molecular flexibility index (Phi) is 4.03. The number of pyridine rings is 1. The third-order valence-electron chi connectivity index (χ3n) is 3.73. The Labute approximate surface area is 126 Å². The van der Waals surface area contributed by atoms with Gasteiger partial charge in [-0.05, 0) is 47.0 Å². The van der Waals surface area contributed by atoms with Gasteiger partial charge in [-0.25, -0.2) is 0 Å². The van der Waals surface area contributed by atoms with Crippen LogP contribution >= 0.6 is 15.9 Å². The molecular weight excluding hydrogens is 318 g/mol. The molecule has 0 atom stereocenters. The first-order valence-electron chi connectivity index (χ1n) is 6.84. The Balaban J connectivity index is 1.54. The van der Waals surface area contributed by atoms with Crippen molar-refractivity contribution in [2.24, 2.45) is 0 Å². The highest BCUT2D eigenvalue weighted by Crippen LogP contribution is 2.23. The molecule has 0 radical (unpaired) electrons. The summed E-state index contributed by atoms with van der Waals surface area (Å²) in [5.41, 5.74) is 6.79. The fourth-order valence-corrected chi connectivity index (χ4v) is 2.86. The third kappa shape index (κ3) is 3.19. The molecule has 1 aliphatic heterocycles. The number of nitrogens with zero attached hydrogens (tertiary/aromatic N) is 4. The molecule has 0 unspecified atom stereocenters. The molecule has 1 aliphatic rings. The lowest BCUT2D eigenvalue weighted by Gasteiger charge is -2.31. The maximum atomic E-state index is 5.67. The smallest absolute Gasteiger partial charge is 0.145 e. The lowest BCUT2D eigenvalue weighted by atomic mass is 10.1. The second-order valence-electron chi connectivity index (χ2n) is 5.20. The predicted molar refractivity (Wildman–Crippen MR) is 82.1 cm³/mol. The zero-order chi connectivity index (χ0) is 13.9. The summed E-state index contributed by atoms with van der Waals surface area (Å²) < 4.78 is 3.03. The summed E-state index contributed by atoms with van der Waals surface area (Å²) in [4.78, 5) is 6.87. The van der Waals surface area contributed by atoms with Crippen LogP contribution in [0.15, 0.2) is 35.1 Å². The molecule has 2 aromatic rings. The number of nitrogens with two attached hydrogens (primary N) is 1. The van der Waals surface area contributed by atoms with Gasteiger partial charge in [-0.1, -0.05) is 0 Å². The summed E-state index contributed by atoms with van der Waals surface area (Å²) in [5, 5.41) is 4.31. The summed E-state index contributed by atoms with van der Waals surface area (Å²) in [6.45, 7) is 3.06. The lowest BCUT2D eigenvalue weighted by Crippen LogP contribution is -2.34. The summed E-state index contributed by atoms with van der Waals surface area (Å²) in [6.07, 6.45) is 6.05. The summed E-state index contributed by atoms with van der Waals surface area (Å²) in [6, 6.07) is 6.45. The zero-order valence-corrected chi connectivity index (χ0v) is 12.8. The van der Waals surface area contributed by atoms with Crippen LogP contribution in [0.3, 0.4) is 0 Å². The fraction of sp³-hybridized carbons (Fsp3) is 0.429. The summed E-state index contributed by atoms with van der Waals surface area (Å²) >= 11 is 3.41. The van der Waals surface area contributed by atoms with Crippen LogP contribution in [0, 0.1) is 0 Å². The van der Waals surface area contributed by atoms with Crippen LogP contribution in [0.2, 0.25) is 0 Å². The van der Waals surface area contributed by atoms with Gasteiger partial charge in [0.25, 0.3) is 0 Å². The molecule has 2 aromatic heterocycles. The molecule has 1 saturated heterocycles. The van der Waals surface area contributed by atoms with E-state index in [0.717, 1.165) is 42.6 Å². The maximum Gasteiger partial charge on any atom is 0.145 e. The molecule has 0 aliphatic carbocycles. The number of piperidine rings is 1. The van der Waals surface area contributed by atoms with E-state index in [-0.39, 0.29) is 0 Å². The molecule has 6 heteroatoms. The topological polar surface area (TPSA) is 60.0 Å². The highest BCUT2D eigenvalue weighted by atomic mass is 79.9. The third-order valence-corrected chi connectivity index (χ3v) is 4.20. The Bertz CT molecular complexity index is 557. The Morgan fingerprint density at radius 1 is 1.25 bits per heavy atom. The molecule has 5 nitrogen and oxygen atoms in total. The first-order chi connectivity index (χ1) is 9.70. The second kappa shape index (κ2) is 5.93. The molecule has 0 bridgehead atoms. The SMILES string of the molecule is Nc1ccn(C2CCN(Cc3ccc(Br)cn3)CC2)n1. The van der Waals surface area contributed by atoms with E-state index in [9.17, 15) is 0 Å². The van der Waals surface area contributed by atoms with Crippen molar-refractivity contribution in [1.82, 2.24) is 19.7 Å². The Morgan fingerprint density at radius 2 is 2.05 bits per heavy atom. The molecule has 0 saturated carbocycles. The molecule has 20 heavy (non-hydrogen) atoms. The van der Waals surface area contributed by atoms with E-state index in [1.807, 2.05) is 29.2 Å². The normalized spacial score (nSPS) is 17.4. The minimum absolute atomic E-state index is 0.474. The van der Waals surface area contributed by atoms with Gasteiger partial charge in [0.1, 0.15) is 5.82 Å². The van der Waals surface area contributed by atoms with E-state index in [1.54, 1.807) is 0 Å². The predicted octanol–water partition coefficient (Wildman–Crippen LogP) is 2.46. The van der Waals surface area contributed by atoms with Crippen molar-refractivity contribution < 1.29 is 0 Å². The number of hydrogen-bond donors (Lipinski definition) is 1. The molecule has 1 fully saturated rings. The average Bonchev–Trinajstić information content (AvgIpc) is 2.89. The molecule has 106 valence electrons. The van der Waals surface area contributed by atoms with E-state index in [4.69, 9.17) is 5.73 Å². The van der Waals surface area contributed by atoms with Crippen LogP contribution in [0.4, 0.5) is 5.82 Å². The number of anilines is 1. The van der Waals surface area contributed by atoms with Gasteiger partial charge in [0.15, 0.2) is 0 Å². The first kappa shape index (κ1) is 13.6. The van der Waals surface area contributed by atoms with Crippen molar-refractivity contribution in [2.45, 2.75) is 25.4 Å². The average molecular weight is 336 g/mol. The maximum absolute atomic E-state index is 5.67. The monoisotopic (exact) mass is 335 g/mol. The summed E-state index contributed by atoms with van der Waals surface area (Å²) in [7, 11) is 0. The van der Waals surface area contributed by atoms with Crippen molar-refractivity contribution in [3.63, 3.8) is 0 Å². The fourth-order valence-electron chi connectivity index (χ4n) is 2.63. The van der Waals surface area contributed by atoms with Gasteiger partial charge in [0, 0.05) is 36.5 Å². The standard InChI is InChI=1S/C14H18BrN5/c15-11-1-2-12(17-9-11)10-19-6-3-13(4-7-19)20-8-5-14(16)18-20/h1-2,5,8-9,13H,3-4,6-7,10H2,(H2,16,18). The molecule has 0 spiro atoms. The lowest BCUT2D eigenvalue weighted by molar-refractivity contribution is 0.172. The van der Waals surface area contributed by atoms with Crippen LogP contribution < -0.4 is 5.73 Å². The number of likely N-dealkylation sites (tertiary alicyclic amines) is 1. The minimum Gasteiger partial charge on any atom is -0.382 e. The van der Waals surface area contributed by atoms with E-state index in [0.29, 0.717) is 11.9 Å². The molecular formula is C14H18BrN5. The van der Waals surface area contributed by atoms with E-state index < -0.39 is 0 Å². The highest BCUT2D eigenvalue weighted by molar-refractivity contribution is 9.10. The van der Waals surface area contributed by atoms with Crippen molar-refractivity contribution in [2.75, 3.05) is 18.8 Å². The molecule has 2 N–H and O–H groups in total. The van der Waals surface area contributed by atoms with Crippen LogP contribution in [0.5, 0.6) is 0 Å². The number of rotatable bonds is 3. The summed E-state index contributed by atoms with van der Waals surface area (Å²) in [5.74, 6) is 0.603. The van der Waals surface area contributed by atoms with Crippen molar-refractivity contribution >= 4 is 21.7 Å². The van der Waals surface area contributed by atoms with Crippen molar-refractivity contribution in [1.29, 1.82) is 0 Å². The number of halogens is 1. The van der Waals surface area contributed by atoms with Crippen LogP contribution in [-0.2, 0) is 6.54 Å². The van der Waals surface area contributed by atoms with Gasteiger partial charge < -0.3 is 5.73 Å². The van der Waals surface area contributed by atoms with Crippen LogP contribution in [0.25, 0.3) is 0 Å². The van der Waals surface area contributed by atoms with E-state index >= 15 is 0 Å². The quantitative estimate of drug-likeness (QED) is 0.935. The van der Waals surface area contributed by atoms with Gasteiger partial charge in [0.2, 0.25) is 0 Å².